The van der Waals surface area contributed by atoms with E-state index in [-0.39, 0.29) is 23.7 Å². The van der Waals surface area contributed by atoms with Crippen molar-refractivity contribution in [2.75, 3.05) is 5.32 Å². The molecule has 1 unspecified atom stereocenters. The number of carbonyl (C=O) groups is 1. The largest absolute Gasteiger partial charge is 0.310 e. The van der Waals surface area contributed by atoms with Gasteiger partial charge in [-0.1, -0.05) is 53.7 Å². The van der Waals surface area contributed by atoms with Crippen LogP contribution in [0.3, 0.4) is 0 Å². The molecule has 28 heavy (non-hydrogen) atoms. The number of aromatic nitrogens is 2. The first-order valence-corrected chi connectivity index (χ1v) is 9.93. The van der Waals surface area contributed by atoms with Crippen molar-refractivity contribution in [1.82, 2.24) is 9.97 Å². The van der Waals surface area contributed by atoms with Gasteiger partial charge in [0.05, 0.1) is 5.56 Å². The zero-order valence-corrected chi connectivity index (χ0v) is 16.1. The SMILES string of the molecule is O=C1CC(c2cccc(F)c2)c2c(nc(SCc3ccccc3Cl)[nH]c2=O)N1. The number of hydrogen-bond acceptors (Lipinski definition) is 4. The summed E-state index contributed by atoms with van der Waals surface area (Å²) < 4.78 is 13.6. The quantitative estimate of drug-likeness (QED) is 0.491. The Morgan fingerprint density at radius 1 is 1.18 bits per heavy atom. The van der Waals surface area contributed by atoms with E-state index in [2.05, 4.69) is 15.3 Å². The maximum Gasteiger partial charge on any atom is 0.257 e. The lowest BCUT2D eigenvalue weighted by atomic mass is 9.87. The lowest BCUT2D eigenvalue weighted by Crippen LogP contribution is -2.31. The normalized spacial score (nSPS) is 15.8. The molecule has 8 heteroatoms. The Morgan fingerprint density at radius 2 is 2.00 bits per heavy atom. The molecule has 3 aromatic rings. The molecule has 1 atom stereocenters. The first-order valence-electron chi connectivity index (χ1n) is 8.57. The molecule has 2 heterocycles. The molecule has 1 aliphatic heterocycles. The molecular weight excluding hydrogens is 401 g/mol. The number of halogens is 2. The average molecular weight is 416 g/mol. The van der Waals surface area contributed by atoms with Gasteiger partial charge < -0.3 is 10.3 Å². The number of fused-ring (bicyclic) bond motifs is 1. The number of rotatable bonds is 4. The predicted octanol–water partition coefficient (Wildman–Crippen LogP) is 4.33. The minimum Gasteiger partial charge on any atom is -0.310 e. The molecule has 0 spiro atoms. The van der Waals surface area contributed by atoms with Crippen LogP contribution in [0, 0.1) is 5.82 Å². The molecule has 0 fully saturated rings. The Hall–Kier alpha value is -2.64. The van der Waals surface area contributed by atoms with Crippen molar-refractivity contribution in [3.8, 4) is 0 Å². The van der Waals surface area contributed by atoms with Crippen LogP contribution in [0.1, 0.15) is 29.0 Å². The minimum absolute atomic E-state index is 0.0628. The van der Waals surface area contributed by atoms with Crippen molar-refractivity contribution in [2.24, 2.45) is 0 Å². The van der Waals surface area contributed by atoms with Gasteiger partial charge in [-0.05, 0) is 29.3 Å². The summed E-state index contributed by atoms with van der Waals surface area (Å²) in [5, 5.41) is 3.67. The second kappa shape index (κ2) is 7.77. The summed E-state index contributed by atoms with van der Waals surface area (Å²) in [5.41, 5.74) is 1.48. The van der Waals surface area contributed by atoms with E-state index in [0.29, 0.717) is 27.1 Å². The molecule has 0 saturated heterocycles. The molecule has 5 nitrogen and oxygen atoms in total. The van der Waals surface area contributed by atoms with Crippen LogP contribution in [0.5, 0.6) is 0 Å². The lowest BCUT2D eigenvalue weighted by Gasteiger charge is -2.24. The van der Waals surface area contributed by atoms with Gasteiger partial charge in [0, 0.05) is 23.1 Å². The molecule has 142 valence electrons. The lowest BCUT2D eigenvalue weighted by molar-refractivity contribution is -0.116. The summed E-state index contributed by atoms with van der Waals surface area (Å²) in [6.07, 6.45) is 0.0628. The molecule has 1 aliphatic rings. The Morgan fingerprint density at radius 3 is 2.79 bits per heavy atom. The van der Waals surface area contributed by atoms with Gasteiger partial charge in [-0.15, -0.1) is 0 Å². The number of aromatic amines is 1. The molecule has 0 radical (unpaired) electrons. The number of hydrogen-bond donors (Lipinski definition) is 2. The van der Waals surface area contributed by atoms with Crippen molar-refractivity contribution >= 4 is 35.1 Å². The number of nitrogens with one attached hydrogen (secondary N) is 2. The summed E-state index contributed by atoms with van der Waals surface area (Å²) in [5.74, 6) is -0.486. The Balaban J connectivity index is 1.67. The van der Waals surface area contributed by atoms with E-state index < -0.39 is 11.7 Å². The first kappa shape index (κ1) is 18.7. The molecule has 1 aromatic heterocycles. The molecular formula is C20H15ClFN3O2S. The van der Waals surface area contributed by atoms with Crippen molar-refractivity contribution in [1.29, 1.82) is 0 Å². The van der Waals surface area contributed by atoms with Gasteiger partial charge in [0.2, 0.25) is 5.91 Å². The summed E-state index contributed by atoms with van der Waals surface area (Å²) in [4.78, 5) is 32.1. The fourth-order valence-electron chi connectivity index (χ4n) is 3.19. The van der Waals surface area contributed by atoms with E-state index in [1.165, 1.54) is 23.9 Å². The number of carbonyl (C=O) groups excluding carboxylic acids is 1. The van der Waals surface area contributed by atoms with E-state index in [1.807, 2.05) is 18.2 Å². The van der Waals surface area contributed by atoms with Crippen molar-refractivity contribution < 1.29 is 9.18 Å². The highest BCUT2D eigenvalue weighted by Gasteiger charge is 2.31. The molecule has 0 aliphatic carbocycles. The van der Waals surface area contributed by atoms with Crippen LogP contribution >= 0.6 is 23.4 Å². The molecule has 1 amide bonds. The highest BCUT2D eigenvalue weighted by atomic mass is 35.5. The molecule has 0 saturated carbocycles. The fourth-order valence-corrected chi connectivity index (χ4v) is 4.34. The van der Waals surface area contributed by atoms with Crippen LogP contribution in [-0.2, 0) is 10.5 Å². The zero-order chi connectivity index (χ0) is 19.7. The maximum absolute atomic E-state index is 13.6. The van der Waals surface area contributed by atoms with Gasteiger partial charge in [0.25, 0.3) is 5.56 Å². The standard InChI is InChI=1S/C20H15ClFN3O2S/c21-15-7-2-1-4-12(15)10-28-20-24-18-17(19(27)25-20)14(9-16(26)23-18)11-5-3-6-13(22)8-11/h1-8,14H,9-10H2,(H2,23,24,25,26,27). The monoisotopic (exact) mass is 415 g/mol. The third kappa shape index (κ3) is 3.81. The zero-order valence-electron chi connectivity index (χ0n) is 14.5. The predicted molar refractivity (Wildman–Crippen MR) is 107 cm³/mol. The summed E-state index contributed by atoms with van der Waals surface area (Å²) in [6, 6.07) is 13.4. The smallest absolute Gasteiger partial charge is 0.257 e. The van der Waals surface area contributed by atoms with Crippen LogP contribution in [0.25, 0.3) is 0 Å². The first-order chi connectivity index (χ1) is 13.5. The van der Waals surface area contributed by atoms with Crippen LogP contribution in [-0.4, -0.2) is 15.9 Å². The molecule has 2 aromatic carbocycles. The topological polar surface area (TPSA) is 74.8 Å². The Kier molecular flexibility index (Phi) is 5.19. The number of nitrogens with zero attached hydrogens (tertiary/aromatic N) is 1. The van der Waals surface area contributed by atoms with E-state index in [4.69, 9.17) is 11.6 Å². The van der Waals surface area contributed by atoms with Gasteiger partial charge in [-0.25, -0.2) is 9.37 Å². The van der Waals surface area contributed by atoms with Crippen LogP contribution in [0.15, 0.2) is 58.5 Å². The number of benzene rings is 2. The van der Waals surface area contributed by atoms with Crippen molar-refractivity contribution in [3.63, 3.8) is 0 Å². The average Bonchev–Trinajstić information content (AvgIpc) is 2.66. The van der Waals surface area contributed by atoms with Gasteiger partial charge in [-0.2, -0.15) is 0 Å². The highest BCUT2D eigenvalue weighted by molar-refractivity contribution is 7.98. The van der Waals surface area contributed by atoms with Gasteiger partial charge >= 0.3 is 0 Å². The van der Waals surface area contributed by atoms with Crippen LogP contribution in [0.2, 0.25) is 5.02 Å². The highest BCUT2D eigenvalue weighted by Crippen LogP contribution is 2.35. The van der Waals surface area contributed by atoms with E-state index in [1.54, 1.807) is 18.2 Å². The Labute approximate surface area is 169 Å². The second-order valence-corrected chi connectivity index (χ2v) is 7.74. The number of H-pyrrole nitrogens is 1. The third-order valence-electron chi connectivity index (χ3n) is 4.50. The summed E-state index contributed by atoms with van der Waals surface area (Å²) in [6.45, 7) is 0. The molecule has 4 rings (SSSR count). The minimum atomic E-state index is -0.543. The summed E-state index contributed by atoms with van der Waals surface area (Å²) >= 11 is 7.48. The van der Waals surface area contributed by atoms with E-state index in [9.17, 15) is 14.0 Å². The molecule has 2 N–H and O–H groups in total. The van der Waals surface area contributed by atoms with Gasteiger partial charge in [0.15, 0.2) is 5.16 Å². The van der Waals surface area contributed by atoms with Crippen LogP contribution in [0.4, 0.5) is 10.2 Å². The van der Waals surface area contributed by atoms with E-state index >= 15 is 0 Å². The van der Waals surface area contributed by atoms with Gasteiger partial charge in [0.1, 0.15) is 11.6 Å². The van der Waals surface area contributed by atoms with Gasteiger partial charge in [-0.3, -0.25) is 9.59 Å². The number of thioether (sulfide) groups is 1. The number of amides is 1. The Bertz CT molecular complexity index is 1120. The van der Waals surface area contributed by atoms with E-state index in [0.717, 1.165) is 5.56 Å². The van der Waals surface area contributed by atoms with Crippen molar-refractivity contribution in [2.45, 2.75) is 23.2 Å². The second-order valence-electron chi connectivity index (χ2n) is 6.37. The fraction of sp³-hybridized carbons (Fsp3) is 0.150. The molecule has 0 bridgehead atoms. The summed E-state index contributed by atoms with van der Waals surface area (Å²) in [7, 11) is 0. The maximum atomic E-state index is 13.6. The van der Waals surface area contributed by atoms with Crippen LogP contribution < -0.4 is 10.9 Å². The number of anilines is 1. The third-order valence-corrected chi connectivity index (χ3v) is 5.79. The van der Waals surface area contributed by atoms with Crippen molar-refractivity contribution in [3.05, 3.63) is 86.4 Å².